The van der Waals surface area contributed by atoms with Gasteiger partial charge in [-0.3, -0.25) is 9.78 Å². The highest BCUT2D eigenvalue weighted by molar-refractivity contribution is 7.17. The third kappa shape index (κ3) is 4.32. The first-order valence-electron chi connectivity index (χ1n) is 8.08. The van der Waals surface area contributed by atoms with Crippen LogP contribution in [-0.4, -0.2) is 22.3 Å². The first kappa shape index (κ1) is 17.8. The zero-order valence-corrected chi connectivity index (χ0v) is 14.7. The molecule has 0 unspecified atom stereocenters. The molecular weight excluding hydrogens is 349 g/mol. The summed E-state index contributed by atoms with van der Waals surface area (Å²) in [5, 5.41) is 8.88. The highest BCUT2D eigenvalue weighted by Crippen LogP contribution is 2.29. The first-order chi connectivity index (χ1) is 12.7. The van der Waals surface area contributed by atoms with E-state index in [1.165, 1.54) is 23.5 Å². The summed E-state index contributed by atoms with van der Waals surface area (Å²) in [6.07, 6.45) is 3.66. The fraction of sp³-hybridized carbons (Fsp3) is 0.150. The Labute approximate surface area is 155 Å². The van der Waals surface area contributed by atoms with Gasteiger partial charge in [-0.15, -0.1) is 11.3 Å². The van der Waals surface area contributed by atoms with Gasteiger partial charge in [0.2, 0.25) is 0 Å². The van der Waals surface area contributed by atoms with E-state index in [1.54, 1.807) is 35.5 Å². The number of hydrogen-bond donors (Lipinski definition) is 0. The predicted molar refractivity (Wildman–Crippen MR) is 98.9 cm³/mol. The van der Waals surface area contributed by atoms with Gasteiger partial charge in [-0.1, -0.05) is 18.2 Å². The second kappa shape index (κ2) is 8.37. The van der Waals surface area contributed by atoms with Crippen LogP contribution in [0.15, 0.2) is 60.9 Å². The fourth-order valence-corrected chi connectivity index (χ4v) is 3.51. The Morgan fingerprint density at radius 3 is 2.69 bits per heavy atom. The van der Waals surface area contributed by atoms with Crippen molar-refractivity contribution in [2.75, 3.05) is 6.54 Å². The number of aromatic nitrogens is 1. The van der Waals surface area contributed by atoms with Crippen molar-refractivity contribution in [2.24, 2.45) is 0 Å². The van der Waals surface area contributed by atoms with Crippen LogP contribution in [0.2, 0.25) is 0 Å². The molecule has 0 radical (unpaired) electrons. The molecule has 6 heteroatoms. The van der Waals surface area contributed by atoms with Gasteiger partial charge in [0.1, 0.15) is 5.82 Å². The minimum Gasteiger partial charge on any atom is -0.333 e. The van der Waals surface area contributed by atoms with Gasteiger partial charge >= 0.3 is 0 Å². The topological polar surface area (TPSA) is 57.0 Å². The number of halogens is 1. The summed E-state index contributed by atoms with van der Waals surface area (Å²) in [6, 6.07) is 15.6. The van der Waals surface area contributed by atoms with E-state index in [0.717, 1.165) is 16.0 Å². The van der Waals surface area contributed by atoms with Gasteiger partial charge in [-0.05, 0) is 41.5 Å². The fourth-order valence-electron chi connectivity index (χ4n) is 2.53. The third-order valence-electron chi connectivity index (χ3n) is 3.82. The largest absolute Gasteiger partial charge is 0.333 e. The SMILES string of the molecule is N#CCCN(Cc1cccnc1)C(=O)c1ccc(-c2ccc(F)cc2)s1. The molecule has 0 aliphatic carbocycles. The molecule has 3 aromatic rings. The second-order valence-electron chi connectivity index (χ2n) is 5.67. The summed E-state index contributed by atoms with van der Waals surface area (Å²) in [4.78, 5) is 20.1. The second-order valence-corrected chi connectivity index (χ2v) is 6.75. The molecule has 2 aromatic heterocycles. The number of rotatable bonds is 6. The van der Waals surface area contributed by atoms with Gasteiger partial charge < -0.3 is 4.90 Å². The molecule has 2 heterocycles. The molecule has 0 fully saturated rings. The predicted octanol–water partition coefficient (Wildman–Crippen LogP) is 4.51. The van der Waals surface area contributed by atoms with E-state index in [9.17, 15) is 9.18 Å². The number of benzene rings is 1. The maximum Gasteiger partial charge on any atom is 0.264 e. The number of carbonyl (C=O) groups is 1. The molecule has 0 saturated heterocycles. The van der Waals surface area contributed by atoms with Crippen LogP contribution >= 0.6 is 11.3 Å². The molecule has 0 N–H and O–H groups in total. The summed E-state index contributed by atoms with van der Waals surface area (Å²) in [6.45, 7) is 0.756. The smallest absolute Gasteiger partial charge is 0.264 e. The lowest BCUT2D eigenvalue weighted by molar-refractivity contribution is 0.0751. The van der Waals surface area contributed by atoms with Gasteiger partial charge in [0.05, 0.1) is 17.4 Å². The van der Waals surface area contributed by atoms with Gasteiger partial charge in [-0.25, -0.2) is 4.39 Å². The average Bonchev–Trinajstić information content (AvgIpc) is 3.16. The number of nitrogens with zero attached hydrogens (tertiary/aromatic N) is 3. The van der Waals surface area contributed by atoms with Crippen LogP contribution in [0.1, 0.15) is 21.7 Å². The van der Waals surface area contributed by atoms with Crippen LogP contribution in [0, 0.1) is 17.1 Å². The monoisotopic (exact) mass is 365 g/mol. The Bertz CT molecular complexity index is 916. The zero-order valence-electron chi connectivity index (χ0n) is 13.9. The zero-order chi connectivity index (χ0) is 18.4. The summed E-state index contributed by atoms with van der Waals surface area (Å²) < 4.78 is 13.1. The average molecular weight is 365 g/mol. The Morgan fingerprint density at radius 2 is 2.00 bits per heavy atom. The van der Waals surface area contributed by atoms with Crippen molar-refractivity contribution >= 4 is 17.2 Å². The number of thiophene rings is 1. The van der Waals surface area contributed by atoms with Crippen molar-refractivity contribution in [2.45, 2.75) is 13.0 Å². The molecule has 3 rings (SSSR count). The normalized spacial score (nSPS) is 10.3. The molecule has 0 aliphatic rings. The molecule has 0 saturated carbocycles. The number of amides is 1. The minimum atomic E-state index is -0.291. The number of carbonyl (C=O) groups excluding carboxylic acids is 1. The molecule has 0 spiro atoms. The number of hydrogen-bond acceptors (Lipinski definition) is 4. The maximum absolute atomic E-state index is 13.1. The van der Waals surface area contributed by atoms with Crippen LogP contribution in [0.5, 0.6) is 0 Å². The molecule has 4 nitrogen and oxygen atoms in total. The molecule has 0 bridgehead atoms. The van der Waals surface area contributed by atoms with Crippen molar-refractivity contribution in [1.82, 2.24) is 9.88 Å². The van der Waals surface area contributed by atoms with E-state index in [4.69, 9.17) is 5.26 Å². The van der Waals surface area contributed by atoms with Crippen LogP contribution < -0.4 is 0 Å². The van der Waals surface area contributed by atoms with Crippen LogP contribution in [0.4, 0.5) is 4.39 Å². The van der Waals surface area contributed by atoms with Crippen molar-refractivity contribution in [3.8, 4) is 16.5 Å². The Hall–Kier alpha value is -3.04. The van der Waals surface area contributed by atoms with Crippen molar-refractivity contribution in [3.05, 3.63) is 77.2 Å². The maximum atomic E-state index is 13.1. The van der Waals surface area contributed by atoms with Gasteiger partial charge in [0.25, 0.3) is 5.91 Å². The lowest BCUT2D eigenvalue weighted by atomic mass is 10.2. The minimum absolute atomic E-state index is 0.123. The Morgan fingerprint density at radius 1 is 1.19 bits per heavy atom. The molecule has 1 amide bonds. The van der Waals surface area contributed by atoms with Crippen molar-refractivity contribution < 1.29 is 9.18 Å². The Kier molecular flexibility index (Phi) is 5.72. The molecule has 0 atom stereocenters. The molecule has 130 valence electrons. The summed E-state index contributed by atoms with van der Waals surface area (Å²) in [5.74, 6) is -0.414. The van der Waals surface area contributed by atoms with E-state index >= 15 is 0 Å². The summed E-state index contributed by atoms with van der Waals surface area (Å²) in [7, 11) is 0. The van der Waals surface area contributed by atoms with E-state index in [0.29, 0.717) is 18.0 Å². The van der Waals surface area contributed by atoms with E-state index in [2.05, 4.69) is 11.1 Å². The molecule has 26 heavy (non-hydrogen) atoms. The van der Waals surface area contributed by atoms with Crippen molar-refractivity contribution in [3.63, 3.8) is 0 Å². The number of nitriles is 1. The highest BCUT2D eigenvalue weighted by atomic mass is 32.1. The standard InChI is InChI=1S/C20H16FN3OS/c21-17-6-4-16(5-7-17)18-8-9-19(26-18)20(25)24(12-2-10-22)14-15-3-1-11-23-13-15/h1,3-9,11,13H,2,12,14H2. The van der Waals surface area contributed by atoms with Gasteiger partial charge in [0.15, 0.2) is 0 Å². The lowest BCUT2D eigenvalue weighted by Gasteiger charge is -2.20. The molecule has 0 aliphatic heterocycles. The van der Waals surface area contributed by atoms with Gasteiger partial charge in [0, 0.05) is 30.4 Å². The highest BCUT2D eigenvalue weighted by Gasteiger charge is 2.18. The van der Waals surface area contributed by atoms with Crippen molar-refractivity contribution in [1.29, 1.82) is 5.26 Å². The Balaban J connectivity index is 1.80. The number of pyridine rings is 1. The van der Waals surface area contributed by atoms with E-state index < -0.39 is 0 Å². The quantitative estimate of drug-likeness (QED) is 0.646. The third-order valence-corrected chi connectivity index (χ3v) is 4.94. The lowest BCUT2D eigenvalue weighted by Crippen LogP contribution is -2.30. The molecular formula is C20H16FN3OS. The van der Waals surface area contributed by atoms with Crippen LogP contribution in [0.25, 0.3) is 10.4 Å². The van der Waals surface area contributed by atoms with E-state index in [1.807, 2.05) is 18.2 Å². The summed E-state index contributed by atoms with van der Waals surface area (Å²) in [5.41, 5.74) is 1.78. The van der Waals surface area contributed by atoms with Crippen LogP contribution in [-0.2, 0) is 6.54 Å². The summed E-state index contributed by atoms with van der Waals surface area (Å²) >= 11 is 1.36. The molecule has 1 aromatic carbocycles. The van der Waals surface area contributed by atoms with Crippen LogP contribution in [0.3, 0.4) is 0 Å². The van der Waals surface area contributed by atoms with Gasteiger partial charge in [-0.2, -0.15) is 5.26 Å². The first-order valence-corrected chi connectivity index (χ1v) is 8.90. The van der Waals surface area contributed by atoms with E-state index in [-0.39, 0.29) is 18.1 Å².